The number of nitrogens with zero attached hydrogens (tertiary/aromatic N) is 1. The fourth-order valence-corrected chi connectivity index (χ4v) is 2.02. The summed E-state index contributed by atoms with van der Waals surface area (Å²) >= 11 is 0. The Labute approximate surface area is 119 Å². The first-order valence-corrected chi connectivity index (χ1v) is 6.37. The molecule has 0 aliphatic heterocycles. The Morgan fingerprint density at radius 3 is 2.57 bits per heavy atom. The third-order valence-electron chi connectivity index (χ3n) is 3.19. The summed E-state index contributed by atoms with van der Waals surface area (Å²) in [4.78, 5) is 11.8. The first-order chi connectivity index (χ1) is 9.77. The van der Waals surface area contributed by atoms with E-state index in [0.29, 0.717) is 5.56 Å². The molecule has 6 heteroatoms. The van der Waals surface area contributed by atoms with Crippen molar-refractivity contribution in [3.8, 4) is 0 Å². The maximum atomic E-state index is 12.7. The van der Waals surface area contributed by atoms with E-state index < -0.39 is 17.8 Å². The molecule has 0 amide bonds. The van der Waals surface area contributed by atoms with Gasteiger partial charge in [0.2, 0.25) is 0 Å². The monoisotopic (exact) mass is 296 g/mol. The Kier molecular flexibility index (Phi) is 4.18. The Morgan fingerprint density at radius 1 is 1.24 bits per heavy atom. The van der Waals surface area contributed by atoms with E-state index in [1.165, 1.54) is 22.8 Å². The molecule has 3 nitrogen and oxygen atoms in total. The van der Waals surface area contributed by atoms with E-state index in [0.717, 1.165) is 17.7 Å². The van der Waals surface area contributed by atoms with Crippen molar-refractivity contribution in [2.45, 2.75) is 25.7 Å². The molecule has 0 aliphatic rings. The van der Waals surface area contributed by atoms with Crippen molar-refractivity contribution < 1.29 is 13.2 Å². The van der Waals surface area contributed by atoms with Crippen molar-refractivity contribution in [2.75, 3.05) is 0 Å². The van der Waals surface area contributed by atoms with Gasteiger partial charge in [0.05, 0.1) is 5.56 Å². The summed E-state index contributed by atoms with van der Waals surface area (Å²) < 4.78 is 39.4. The summed E-state index contributed by atoms with van der Waals surface area (Å²) in [5.41, 5.74) is 6.12. The number of halogens is 3. The summed E-state index contributed by atoms with van der Waals surface area (Å²) in [6, 6.07) is 7.37. The molecular formula is C15H15F3N2O. The minimum Gasteiger partial charge on any atom is -0.322 e. The van der Waals surface area contributed by atoms with Gasteiger partial charge < -0.3 is 10.3 Å². The van der Waals surface area contributed by atoms with Gasteiger partial charge in [0.15, 0.2) is 0 Å². The molecule has 0 radical (unpaired) electrons. The third kappa shape index (κ3) is 3.72. The van der Waals surface area contributed by atoms with Crippen molar-refractivity contribution in [3.05, 3.63) is 69.6 Å². The van der Waals surface area contributed by atoms with Crippen molar-refractivity contribution in [1.82, 2.24) is 4.57 Å². The van der Waals surface area contributed by atoms with Gasteiger partial charge in [-0.15, -0.1) is 0 Å². The van der Waals surface area contributed by atoms with Crippen LogP contribution in [-0.2, 0) is 12.7 Å². The molecule has 1 aromatic carbocycles. The van der Waals surface area contributed by atoms with Crippen LogP contribution in [0.1, 0.15) is 22.7 Å². The molecule has 112 valence electrons. The number of nitrogens with two attached hydrogens (primary N) is 1. The fraction of sp³-hybridized carbons (Fsp3) is 0.267. The number of pyridine rings is 1. The van der Waals surface area contributed by atoms with Gasteiger partial charge in [-0.1, -0.05) is 12.1 Å². The predicted octanol–water partition coefficient (Wildman–Crippen LogP) is 2.88. The second-order valence-electron chi connectivity index (χ2n) is 4.92. The molecule has 2 aromatic rings. The van der Waals surface area contributed by atoms with Crippen LogP contribution in [0.4, 0.5) is 13.2 Å². The maximum Gasteiger partial charge on any atom is 0.416 e. The number of rotatable bonds is 3. The van der Waals surface area contributed by atoms with Crippen LogP contribution in [0.3, 0.4) is 0 Å². The number of aromatic nitrogens is 1. The molecule has 0 saturated carbocycles. The molecule has 21 heavy (non-hydrogen) atoms. The summed E-state index contributed by atoms with van der Waals surface area (Å²) in [6.07, 6.45) is -2.82. The SMILES string of the molecule is Cc1ccn(CC(N)c2cccc(C(F)(F)F)c2)c(=O)c1. The highest BCUT2D eigenvalue weighted by Crippen LogP contribution is 2.30. The lowest BCUT2D eigenvalue weighted by molar-refractivity contribution is -0.137. The number of aryl methyl sites for hydroxylation is 1. The van der Waals surface area contributed by atoms with Crippen LogP contribution in [0.15, 0.2) is 47.4 Å². The van der Waals surface area contributed by atoms with Crippen LogP contribution >= 0.6 is 0 Å². The average molecular weight is 296 g/mol. The van der Waals surface area contributed by atoms with E-state index in [-0.39, 0.29) is 12.1 Å². The van der Waals surface area contributed by atoms with Gasteiger partial charge in [0, 0.05) is 24.8 Å². The molecule has 2 rings (SSSR count). The van der Waals surface area contributed by atoms with E-state index in [1.807, 2.05) is 0 Å². The highest BCUT2D eigenvalue weighted by molar-refractivity contribution is 5.27. The molecule has 1 unspecified atom stereocenters. The third-order valence-corrected chi connectivity index (χ3v) is 3.19. The average Bonchev–Trinajstić information content (AvgIpc) is 2.41. The van der Waals surface area contributed by atoms with Crippen LogP contribution in [0.2, 0.25) is 0 Å². The molecule has 2 N–H and O–H groups in total. The highest BCUT2D eigenvalue weighted by atomic mass is 19.4. The fourth-order valence-electron chi connectivity index (χ4n) is 2.02. The Balaban J connectivity index is 2.24. The second-order valence-corrected chi connectivity index (χ2v) is 4.92. The topological polar surface area (TPSA) is 48.0 Å². The first kappa shape index (κ1) is 15.3. The van der Waals surface area contributed by atoms with Crippen molar-refractivity contribution in [2.24, 2.45) is 5.73 Å². The Hall–Kier alpha value is -2.08. The number of alkyl halides is 3. The maximum absolute atomic E-state index is 12.7. The van der Waals surface area contributed by atoms with Gasteiger partial charge in [0.1, 0.15) is 0 Å². The van der Waals surface area contributed by atoms with Gasteiger partial charge in [-0.05, 0) is 36.2 Å². The number of hydrogen-bond donors (Lipinski definition) is 1. The van der Waals surface area contributed by atoms with Crippen LogP contribution in [0.25, 0.3) is 0 Å². The Bertz CT molecular complexity index is 692. The van der Waals surface area contributed by atoms with E-state index in [2.05, 4.69) is 0 Å². The molecular weight excluding hydrogens is 281 g/mol. The Morgan fingerprint density at radius 2 is 1.95 bits per heavy atom. The summed E-state index contributed by atoms with van der Waals surface area (Å²) in [6.45, 7) is 1.92. The van der Waals surface area contributed by atoms with Crippen molar-refractivity contribution >= 4 is 0 Å². The molecule has 1 aromatic heterocycles. The molecule has 1 heterocycles. The minimum atomic E-state index is -4.41. The number of benzene rings is 1. The normalized spacial score (nSPS) is 13.2. The standard InChI is InChI=1S/C15H15F3N2O/c1-10-5-6-20(14(21)7-10)9-13(19)11-3-2-4-12(8-11)15(16,17)18/h2-8,13H,9,19H2,1H3. The van der Waals surface area contributed by atoms with Crippen LogP contribution < -0.4 is 11.3 Å². The highest BCUT2D eigenvalue weighted by Gasteiger charge is 2.30. The zero-order chi connectivity index (χ0) is 15.6. The molecule has 0 fully saturated rings. The second kappa shape index (κ2) is 5.73. The van der Waals surface area contributed by atoms with Crippen LogP contribution in [0, 0.1) is 6.92 Å². The van der Waals surface area contributed by atoms with E-state index in [4.69, 9.17) is 5.73 Å². The lowest BCUT2D eigenvalue weighted by Crippen LogP contribution is -2.26. The molecule has 0 bridgehead atoms. The smallest absolute Gasteiger partial charge is 0.322 e. The quantitative estimate of drug-likeness (QED) is 0.946. The van der Waals surface area contributed by atoms with E-state index in [1.54, 1.807) is 19.2 Å². The summed E-state index contributed by atoms with van der Waals surface area (Å²) in [7, 11) is 0. The summed E-state index contributed by atoms with van der Waals surface area (Å²) in [5.74, 6) is 0. The van der Waals surface area contributed by atoms with Crippen molar-refractivity contribution in [3.63, 3.8) is 0 Å². The zero-order valence-electron chi connectivity index (χ0n) is 11.4. The van der Waals surface area contributed by atoms with Gasteiger partial charge in [-0.2, -0.15) is 13.2 Å². The van der Waals surface area contributed by atoms with Gasteiger partial charge in [-0.3, -0.25) is 4.79 Å². The largest absolute Gasteiger partial charge is 0.416 e. The molecule has 0 saturated heterocycles. The number of hydrogen-bond acceptors (Lipinski definition) is 2. The van der Waals surface area contributed by atoms with Gasteiger partial charge in [0.25, 0.3) is 5.56 Å². The lowest BCUT2D eigenvalue weighted by atomic mass is 10.0. The summed E-state index contributed by atoms with van der Waals surface area (Å²) in [5, 5.41) is 0. The van der Waals surface area contributed by atoms with Crippen LogP contribution in [-0.4, -0.2) is 4.57 Å². The zero-order valence-corrected chi connectivity index (χ0v) is 11.4. The van der Waals surface area contributed by atoms with Crippen LogP contribution in [0.5, 0.6) is 0 Å². The van der Waals surface area contributed by atoms with Gasteiger partial charge >= 0.3 is 6.18 Å². The first-order valence-electron chi connectivity index (χ1n) is 6.37. The molecule has 0 aliphatic carbocycles. The van der Waals surface area contributed by atoms with Gasteiger partial charge in [-0.25, -0.2) is 0 Å². The minimum absolute atomic E-state index is 0.125. The van der Waals surface area contributed by atoms with E-state index >= 15 is 0 Å². The van der Waals surface area contributed by atoms with E-state index in [9.17, 15) is 18.0 Å². The lowest BCUT2D eigenvalue weighted by Gasteiger charge is -2.16. The molecule has 0 spiro atoms. The van der Waals surface area contributed by atoms with Crippen molar-refractivity contribution in [1.29, 1.82) is 0 Å². The predicted molar refractivity (Wildman–Crippen MR) is 73.8 cm³/mol. The molecule has 1 atom stereocenters.